The first-order valence-electron chi connectivity index (χ1n) is 4.60. The molecule has 0 spiro atoms. The molecule has 0 radical (unpaired) electrons. The summed E-state index contributed by atoms with van der Waals surface area (Å²) in [6.45, 7) is 0. The molecule has 0 bridgehead atoms. The second-order valence-electron chi connectivity index (χ2n) is 3.46. The van der Waals surface area contributed by atoms with Crippen molar-refractivity contribution in [3.63, 3.8) is 0 Å². The Bertz CT molecular complexity index is 643. The molecular formula is C9H12ClN5O2. The molecule has 1 aromatic heterocycles. The van der Waals surface area contributed by atoms with Crippen LogP contribution in [0, 0.1) is 10.1 Å². The highest BCUT2D eigenvalue weighted by Gasteiger charge is 2.11. The normalized spacial score (nSPS) is 11.5. The number of benzene rings is 1. The molecule has 0 aliphatic heterocycles. The van der Waals surface area contributed by atoms with Gasteiger partial charge in [0.15, 0.2) is 5.49 Å². The maximum Gasteiger partial charge on any atom is 0.270 e. The van der Waals surface area contributed by atoms with Crippen molar-refractivity contribution in [2.24, 2.45) is 25.0 Å². The fourth-order valence-electron chi connectivity index (χ4n) is 1.73. The first-order chi connectivity index (χ1) is 7.56. The first kappa shape index (κ1) is 13.0. The van der Waals surface area contributed by atoms with Gasteiger partial charge in [-0.1, -0.05) is 0 Å². The third-order valence-electron chi connectivity index (χ3n) is 2.66. The molecule has 92 valence electrons. The van der Waals surface area contributed by atoms with Gasteiger partial charge in [0.05, 0.1) is 15.8 Å². The predicted molar refractivity (Wildman–Crippen MR) is 65.5 cm³/mol. The van der Waals surface area contributed by atoms with Crippen LogP contribution in [0.3, 0.4) is 0 Å². The Morgan fingerprint density at radius 1 is 1.35 bits per heavy atom. The highest BCUT2D eigenvalue weighted by molar-refractivity contribution is 5.85. The van der Waals surface area contributed by atoms with Crippen LogP contribution in [0.5, 0.6) is 0 Å². The second kappa shape index (κ2) is 4.46. The lowest BCUT2D eigenvalue weighted by Gasteiger charge is -1.99. The van der Waals surface area contributed by atoms with E-state index in [0.29, 0.717) is 10.9 Å². The number of nitro benzene ring substituents is 1. The minimum atomic E-state index is -0.438. The van der Waals surface area contributed by atoms with Gasteiger partial charge in [-0.3, -0.25) is 19.5 Å². The van der Waals surface area contributed by atoms with Gasteiger partial charge in [0.1, 0.15) is 0 Å². The number of hydrogen-bond acceptors (Lipinski definition) is 4. The Labute approximate surface area is 103 Å². The molecule has 0 aliphatic carbocycles. The SMILES string of the molecule is Cl.Cn1c(=NN)c2cc([N+](=O)[O-])ccc2n1C. The molecule has 2 N–H and O–H groups in total. The fraction of sp³-hybridized carbons (Fsp3) is 0.222. The van der Waals surface area contributed by atoms with Gasteiger partial charge in [-0.25, -0.2) is 0 Å². The summed E-state index contributed by atoms with van der Waals surface area (Å²) >= 11 is 0. The molecule has 17 heavy (non-hydrogen) atoms. The van der Waals surface area contributed by atoms with Crippen molar-refractivity contribution in [2.75, 3.05) is 0 Å². The summed E-state index contributed by atoms with van der Waals surface area (Å²) < 4.78 is 3.55. The first-order valence-corrected chi connectivity index (χ1v) is 4.60. The summed E-state index contributed by atoms with van der Waals surface area (Å²) in [5, 5.41) is 15.0. The molecule has 8 heteroatoms. The lowest BCUT2D eigenvalue weighted by atomic mass is 10.2. The number of aryl methyl sites for hydroxylation is 1. The highest BCUT2D eigenvalue weighted by Crippen LogP contribution is 2.17. The van der Waals surface area contributed by atoms with Crippen LogP contribution in [-0.4, -0.2) is 14.3 Å². The number of aromatic nitrogens is 2. The molecule has 2 aromatic rings. The fourth-order valence-corrected chi connectivity index (χ4v) is 1.73. The summed E-state index contributed by atoms with van der Waals surface area (Å²) in [7, 11) is 3.63. The van der Waals surface area contributed by atoms with Crippen molar-refractivity contribution in [2.45, 2.75) is 0 Å². The zero-order valence-electron chi connectivity index (χ0n) is 9.32. The van der Waals surface area contributed by atoms with Crippen LogP contribution in [-0.2, 0) is 14.1 Å². The van der Waals surface area contributed by atoms with E-state index in [2.05, 4.69) is 5.10 Å². The quantitative estimate of drug-likeness (QED) is 0.461. The van der Waals surface area contributed by atoms with Gasteiger partial charge in [0.25, 0.3) is 5.69 Å². The minimum Gasteiger partial charge on any atom is -0.321 e. The average molecular weight is 258 g/mol. The van der Waals surface area contributed by atoms with Crippen LogP contribution in [0.15, 0.2) is 23.3 Å². The Hall–Kier alpha value is -2.02. The van der Waals surface area contributed by atoms with Crippen LogP contribution < -0.4 is 11.3 Å². The van der Waals surface area contributed by atoms with Gasteiger partial charge in [0, 0.05) is 26.2 Å². The Morgan fingerprint density at radius 3 is 2.53 bits per heavy atom. The molecule has 0 unspecified atom stereocenters. The van der Waals surface area contributed by atoms with Crippen molar-refractivity contribution >= 4 is 29.0 Å². The minimum absolute atomic E-state index is 0. The van der Waals surface area contributed by atoms with Crippen LogP contribution in [0.1, 0.15) is 0 Å². The van der Waals surface area contributed by atoms with Crippen molar-refractivity contribution in [3.05, 3.63) is 33.8 Å². The van der Waals surface area contributed by atoms with Crippen molar-refractivity contribution in [3.8, 4) is 0 Å². The summed E-state index contributed by atoms with van der Waals surface area (Å²) in [5.74, 6) is 5.28. The van der Waals surface area contributed by atoms with Gasteiger partial charge in [-0.05, 0) is 6.07 Å². The Balaban J connectivity index is 0.00000144. The molecule has 0 saturated heterocycles. The molecule has 7 nitrogen and oxygen atoms in total. The zero-order valence-corrected chi connectivity index (χ0v) is 10.1. The maximum atomic E-state index is 10.7. The van der Waals surface area contributed by atoms with E-state index in [9.17, 15) is 10.1 Å². The van der Waals surface area contributed by atoms with Gasteiger partial charge >= 0.3 is 0 Å². The molecule has 0 fully saturated rings. The predicted octanol–water partition coefficient (Wildman–Crippen LogP) is 0.621. The lowest BCUT2D eigenvalue weighted by molar-refractivity contribution is -0.384. The highest BCUT2D eigenvalue weighted by atomic mass is 35.5. The monoisotopic (exact) mass is 257 g/mol. The van der Waals surface area contributed by atoms with Gasteiger partial charge in [-0.15, -0.1) is 12.4 Å². The maximum absolute atomic E-state index is 10.7. The van der Waals surface area contributed by atoms with E-state index in [0.717, 1.165) is 5.52 Å². The second-order valence-corrected chi connectivity index (χ2v) is 3.46. The summed E-state index contributed by atoms with van der Waals surface area (Å²) in [5.41, 5.74) is 1.39. The third kappa shape index (κ3) is 1.84. The molecule has 0 atom stereocenters. The number of hydrogen-bond donors (Lipinski definition) is 1. The number of nitrogens with two attached hydrogens (primary N) is 1. The Morgan fingerprint density at radius 2 is 2.00 bits per heavy atom. The number of halogens is 1. The van der Waals surface area contributed by atoms with Crippen molar-refractivity contribution in [1.29, 1.82) is 0 Å². The van der Waals surface area contributed by atoms with E-state index >= 15 is 0 Å². The molecular weight excluding hydrogens is 246 g/mol. The topological polar surface area (TPSA) is 91.4 Å². The van der Waals surface area contributed by atoms with E-state index in [1.54, 1.807) is 17.8 Å². The largest absolute Gasteiger partial charge is 0.321 e. The standard InChI is InChI=1S/C9H11N5O2.ClH/c1-12-8-4-3-6(14(15)16)5-7(8)9(11-10)13(12)2;/h3-5H,10H2,1-2H3;1H. The summed E-state index contributed by atoms with van der Waals surface area (Å²) in [6, 6.07) is 4.62. The van der Waals surface area contributed by atoms with Gasteiger partial charge in [-0.2, -0.15) is 5.10 Å². The molecule has 0 amide bonds. The number of nitrogens with zero attached hydrogens (tertiary/aromatic N) is 4. The lowest BCUT2D eigenvalue weighted by Crippen LogP contribution is -2.20. The summed E-state index contributed by atoms with van der Waals surface area (Å²) in [6.07, 6.45) is 0. The van der Waals surface area contributed by atoms with E-state index in [-0.39, 0.29) is 18.1 Å². The van der Waals surface area contributed by atoms with Crippen LogP contribution >= 0.6 is 12.4 Å². The number of non-ortho nitro benzene ring substituents is 1. The van der Waals surface area contributed by atoms with Crippen LogP contribution in [0.25, 0.3) is 10.9 Å². The smallest absolute Gasteiger partial charge is 0.270 e. The molecule has 1 heterocycles. The molecule has 0 aliphatic rings. The average Bonchev–Trinajstić information content (AvgIpc) is 2.51. The van der Waals surface area contributed by atoms with E-state index in [1.807, 2.05) is 11.7 Å². The molecule has 0 saturated carbocycles. The Kier molecular flexibility index (Phi) is 3.42. The zero-order chi connectivity index (χ0) is 11.9. The van der Waals surface area contributed by atoms with E-state index < -0.39 is 4.92 Å². The van der Waals surface area contributed by atoms with E-state index in [1.165, 1.54) is 12.1 Å². The number of fused-ring (bicyclic) bond motifs is 1. The summed E-state index contributed by atoms with van der Waals surface area (Å²) in [4.78, 5) is 10.2. The van der Waals surface area contributed by atoms with Crippen molar-refractivity contribution in [1.82, 2.24) is 9.36 Å². The van der Waals surface area contributed by atoms with Gasteiger partial charge < -0.3 is 5.84 Å². The number of rotatable bonds is 1. The van der Waals surface area contributed by atoms with Gasteiger partial charge in [0.2, 0.25) is 0 Å². The van der Waals surface area contributed by atoms with Crippen LogP contribution in [0.4, 0.5) is 5.69 Å². The number of nitro groups is 1. The molecule has 2 rings (SSSR count). The van der Waals surface area contributed by atoms with Crippen LogP contribution in [0.2, 0.25) is 0 Å². The molecule has 1 aromatic carbocycles. The third-order valence-corrected chi connectivity index (χ3v) is 2.66. The van der Waals surface area contributed by atoms with E-state index in [4.69, 9.17) is 5.84 Å². The van der Waals surface area contributed by atoms with Crippen molar-refractivity contribution < 1.29 is 4.92 Å².